The highest BCUT2D eigenvalue weighted by molar-refractivity contribution is 6.07. The second-order valence-corrected chi connectivity index (χ2v) is 6.70. The van der Waals surface area contributed by atoms with Crippen LogP contribution in [-0.2, 0) is 11.3 Å². The molecule has 1 atom stereocenters. The fraction of sp³-hybridized carbons (Fsp3) is 0.130. The summed E-state index contributed by atoms with van der Waals surface area (Å²) in [7, 11) is 0. The number of amides is 2. The SMILES string of the molecule is O=C(NCc1ccccc1)[C@H]1CN(C(=O)c2ccc(F)cc2)c2ccccc2O1. The van der Waals surface area contributed by atoms with Crippen LogP contribution in [0.25, 0.3) is 0 Å². The van der Waals surface area contributed by atoms with E-state index in [-0.39, 0.29) is 18.4 Å². The normalized spacial score (nSPS) is 15.2. The topological polar surface area (TPSA) is 58.6 Å². The number of nitrogens with zero attached hydrogens (tertiary/aromatic N) is 1. The smallest absolute Gasteiger partial charge is 0.263 e. The number of halogens is 1. The van der Waals surface area contributed by atoms with Crippen LogP contribution >= 0.6 is 0 Å². The maximum absolute atomic E-state index is 13.2. The molecule has 0 unspecified atom stereocenters. The fourth-order valence-electron chi connectivity index (χ4n) is 3.21. The fourth-order valence-corrected chi connectivity index (χ4v) is 3.21. The lowest BCUT2D eigenvalue weighted by Crippen LogP contribution is -2.50. The lowest BCUT2D eigenvalue weighted by atomic mass is 10.1. The van der Waals surface area contributed by atoms with Crippen LogP contribution in [0.15, 0.2) is 78.9 Å². The molecule has 0 bridgehead atoms. The van der Waals surface area contributed by atoms with Crippen molar-refractivity contribution in [1.82, 2.24) is 5.32 Å². The van der Waals surface area contributed by atoms with Crippen molar-refractivity contribution >= 4 is 17.5 Å². The Morgan fingerprint density at radius 1 is 0.966 bits per heavy atom. The molecule has 0 radical (unpaired) electrons. The summed E-state index contributed by atoms with van der Waals surface area (Å²) in [6.45, 7) is 0.431. The van der Waals surface area contributed by atoms with Gasteiger partial charge >= 0.3 is 0 Å². The first-order valence-electron chi connectivity index (χ1n) is 9.26. The molecule has 0 spiro atoms. The molecule has 4 rings (SSSR count). The van der Waals surface area contributed by atoms with Gasteiger partial charge in [0.2, 0.25) is 0 Å². The quantitative estimate of drug-likeness (QED) is 0.741. The van der Waals surface area contributed by atoms with E-state index < -0.39 is 11.9 Å². The molecule has 2 amide bonds. The van der Waals surface area contributed by atoms with Crippen LogP contribution in [0, 0.1) is 5.82 Å². The van der Waals surface area contributed by atoms with Crippen LogP contribution in [0.3, 0.4) is 0 Å². The van der Waals surface area contributed by atoms with E-state index in [0.29, 0.717) is 23.5 Å². The molecule has 0 saturated heterocycles. The molecule has 29 heavy (non-hydrogen) atoms. The molecular weight excluding hydrogens is 371 g/mol. The zero-order valence-corrected chi connectivity index (χ0v) is 15.5. The predicted molar refractivity (Wildman–Crippen MR) is 107 cm³/mol. The Hall–Kier alpha value is -3.67. The monoisotopic (exact) mass is 390 g/mol. The molecule has 1 N–H and O–H groups in total. The molecule has 146 valence electrons. The van der Waals surface area contributed by atoms with Gasteiger partial charge in [-0.3, -0.25) is 9.59 Å². The van der Waals surface area contributed by atoms with Gasteiger partial charge in [-0.05, 0) is 42.0 Å². The first-order valence-corrected chi connectivity index (χ1v) is 9.26. The Balaban J connectivity index is 1.54. The molecule has 3 aromatic rings. The summed E-state index contributed by atoms with van der Waals surface area (Å²) >= 11 is 0. The molecule has 3 aromatic carbocycles. The molecule has 6 heteroatoms. The van der Waals surface area contributed by atoms with E-state index in [1.807, 2.05) is 30.3 Å². The number of ether oxygens (including phenoxy) is 1. The Kier molecular flexibility index (Phi) is 5.24. The average Bonchev–Trinajstić information content (AvgIpc) is 2.77. The summed E-state index contributed by atoms with van der Waals surface area (Å²) in [4.78, 5) is 27.2. The number of anilines is 1. The van der Waals surface area contributed by atoms with Crippen LogP contribution in [0.1, 0.15) is 15.9 Å². The van der Waals surface area contributed by atoms with Crippen LogP contribution in [0.4, 0.5) is 10.1 Å². The number of benzene rings is 3. The largest absolute Gasteiger partial charge is 0.477 e. The van der Waals surface area contributed by atoms with Crippen molar-refractivity contribution in [3.05, 3.63) is 95.8 Å². The van der Waals surface area contributed by atoms with Crippen LogP contribution < -0.4 is 15.0 Å². The van der Waals surface area contributed by atoms with Gasteiger partial charge in [0.1, 0.15) is 11.6 Å². The van der Waals surface area contributed by atoms with Crippen molar-refractivity contribution in [2.45, 2.75) is 12.6 Å². The van der Waals surface area contributed by atoms with Crippen molar-refractivity contribution in [1.29, 1.82) is 0 Å². The molecular formula is C23H19FN2O3. The van der Waals surface area contributed by atoms with Crippen molar-refractivity contribution in [3.63, 3.8) is 0 Å². The third-order valence-electron chi connectivity index (χ3n) is 4.71. The highest BCUT2D eigenvalue weighted by Crippen LogP contribution is 2.34. The minimum absolute atomic E-state index is 0.0633. The number of nitrogens with one attached hydrogen (secondary N) is 1. The number of carbonyl (C=O) groups is 2. The van der Waals surface area contributed by atoms with Gasteiger partial charge in [0.05, 0.1) is 12.2 Å². The Morgan fingerprint density at radius 2 is 1.66 bits per heavy atom. The number of hydrogen-bond acceptors (Lipinski definition) is 3. The van der Waals surface area contributed by atoms with E-state index in [1.165, 1.54) is 29.2 Å². The number of hydrogen-bond donors (Lipinski definition) is 1. The van der Waals surface area contributed by atoms with Gasteiger partial charge in [-0.15, -0.1) is 0 Å². The van der Waals surface area contributed by atoms with Gasteiger partial charge < -0.3 is 15.0 Å². The third-order valence-corrected chi connectivity index (χ3v) is 4.71. The first-order chi connectivity index (χ1) is 14.1. The van der Waals surface area contributed by atoms with Crippen molar-refractivity contribution in [2.75, 3.05) is 11.4 Å². The Morgan fingerprint density at radius 3 is 2.41 bits per heavy atom. The third kappa shape index (κ3) is 4.11. The van der Waals surface area contributed by atoms with Crippen molar-refractivity contribution < 1.29 is 18.7 Å². The van der Waals surface area contributed by atoms with Crippen LogP contribution in [-0.4, -0.2) is 24.5 Å². The molecule has 0 aromatic heterocycles. The van der Waals surface area contributed by atoms with Crippen molar-refractivity contribution in [3.8, 4) is 5.75 Å². The second-order valence-electron chi connectivity index (χ2n) is 6.70. The Bertz CT molecular complexity index is 1020. The molecule has 0 fully saturated rings. The Labute approximate surface area is 167 Å². The number of carbonyl (C=O) groups excluding carboxylic acids is 2. The summed E-state index contributed by atoms with van der Waals surface area (Å²) in [6.07, 6.45) is -0.849. The minimum atomic E-state index is -0.849. The second kappa shape index (κ2) is 8.14. The summed E-state index contributed by atoms with van der Waals surface area (Å²) in [5, 5.41) is 2.85. The van der Waals surface area contributed by atoms with Crippen LogP contribution in [0.5, 0.6) is 5.75 Å². The van der Waals surface area contributed by atoms with Crippen molar-refractivity contribution in [2.24, 2.45) is 0 Å². The molecule has 5 nitrogen and oxygen atoms in total. The molecule has 1 aliphatic rings. The molecule has 0 aliphatic carbocycles. The standard InChI is InChI=1S/C23H19FN2O3/c24-18-12-10-17(11-13-18)23(28)26-15-21(29-20-9-5-4-8-19(20)26)22(27)25-14-16-6-2-1-3-7-16/h1-13,21H,14-15H2,(H,25,27)/t21-/m1/s1. The first kappa shape index (κ1) is 18.7. The van der Waals surface area contributed by atoms with E-state index >= 15 is 0 Å². The zero-order chi connectivity index (χ0) is 20.2. The maximum atomic E-state index is 13.2. The molecule has 1 heterocycles. The highest BCUT2D eigenvalue weighted by atomic mass is 19.1. The number of para-hydroxylation sites is 2. The average molecular weight is 390 g/mol. The summed E-state index contributed by atoms with van der Waals surface area (Å²) in [5.41, 5.74) is 1.89. The summed E-state index contributed by atoms with van der Waals surface area (Å²) in [6, 6.07) is 21.9. The lowest BCUT2D eigenvalue weighted by Gasteiger charge is -2.34. The maximum Gasteiger partial charge on any atom is 0.263 e. The van der Waals surface area contributed by atoms with E-state index in [2.05, 4.69) is 5.32 Å². The molecule has 1 aliphatic heterocycles. The van der Waals surface area contributed by atoms with E-state index in [1.54, 1.807) is 24.3 Å². The highest BCUT2D eigenvalue weighted by Gasteiger charge is 2.34. The zero-order valence-electron chi connectivity index (χ0n) is 15.5. The van der Waals surface area contributed by atoms with E-state index in [4.69, 9.17) is 4.74 Å². The van der Waals surface area contributed by atoms with Gasteiger partial charge in [0.15, 0.2) is 6.10 Å². The number of rotatable bonds is 4. The van der Waals surface area contributed by atoms with Gasteiger partial charge in [-0.1, -0.05) is 42.5 Å². The van der Waals surface area contributed by atoms with Crippen LogP contribution in [0.2, 0.25) is 0 Å². The molecule has 0 saturated carbocycles. The van der Waals surface area contributed by atoms with Gasteiger partial charge in [-0.2, -0.15) is 0 Å². The van der Waals surface area contributed by atoms with E-state index in [9.17, 15) is 14.0 Å². The van der Waals surface area contributed by atoms with Gasteiger partial charge in [-0.25, -0.2) is 4.39 Å². The predicted octanol–water partition coefficient (Wildman–Crippen LogP) is 3.55. The van der Waals surface area contributed by atoms with Gasteiger partial charge in [0.25, 0.3) is 11.8 Å². The summed E-state index contributed by atoms with van der Waals surface area (Å²) < 4.78 is 19.1. The lowest BCUT2D eigenvalue weighted by molar-refractivity contribution is -0.127. The minimum Gasteiger partial charge on any atom is -0.477 e. The number of fused-ring (bicyclic) bond motifs is 1. The summed E-state index contributed by atoms with van der Waals surface area (Å²) in [5.74, 6) is -0.585. The van der Waals surface area contributed by atoms with Gasteiger partial charge in [0, 0.05) is 12.1 Å². The van der Waals surface area contributed by atoms with E-state index in [0.717, 1.165) is 5.56 Å².